The monoisotopic (exact) mass is 293 g/mol. The lowest BCUT2D eigenvalue weighted by molar-refractivity contribution is -0.589. The van der Waals surface area contributed by atoms with Crippen LogP contribution in [0, 0.1) is 0 Å². The van der Waals surface area contributed by atoms with E-state index in [1.807, 2.05) is 25.1 Å². The smallest absolute Gasteiger partial charge is 0.260 e. The second-order valence-electron chi connectivity index (χ2n) is 3.19. The normalized spacial score (nSPS) is 12.5. The molecule has 0 bridgehead atoms. The Labute approximate surface area is 112 Å². The molecule has 0 atom stereocenters. The van der Waals surface area contributed by atoms with Crippen LogP contribution in [0.2, 0.25) is 0 Å². The number of aryl methyl sites for hydroxylation is 1. The third kappa shape index (κ3) is 3.74. The molecular formula is C11H14Cl2NO2P. The molecular weight excluding hydrogens is 280 g/mol. The average Bonchev–Trinajstić information content (AvgIpc) is 2.30. The van der Waals surface area contributed by atoms with Crippen molar-refractivity contribution in [3.05, 3.63) is 36.0 Å². The first kappa shape index (κ1) is 14.6. The molecule has 0 aliphatic carbocycles. The Morgan fingerprint density at radius 2 is 2.12 bits per heavy atom. The van der Waals surface area contributed by atoms with Crippen LogP contribution in [0.3, 0.4) is 0 Å². The highest BCUT2D eigenvalue weighted by Crippen LogP contribution is 2.55. The topological polar surface area (TPSA) is 36.2 Å². The average molecular weight is 294 g/mol. The number of hydrogen-bond donors (Lipinski definition) is 0. The summed E-state index contributed by atoms with van der Waals surface area (Å²) in [6.45, 7) is 2.48. The van der Waals surface area contributed by atoms with Crippen LogP contribution >= 0.6 is 29.1 Å². The Morgan fingerprint density at radius 3 is 2.65 bits per heavy atom. The largest absolute Gasteiger partial charge is 0.609 e. The molecule has 17 heavy (non-hydrogen) atoms. The maximum atomic E-state index is 11.8. The molecule has 0 saturated carbocycles. The molecule has 1 aromatic rings. The van der Waals surface area contributed by atoms with E-state index in [1.165, 1.54) is 0 Å². The molecule has 0 N–H and O–H groups in total. The first-order chi connectivity index (χ1) is 8.11. The SMILES string of the molecule is CCO/C([O-])=C(\[n+]1ccccc1CC)P(Cl)Cl. The van der Waals surface area contributed by atoms with E-state index >= 15 is 0 Å². The van der Waals surface area contributed by atoms with Gasteiger partial charge in [0.1, 0.15) is 5.95 Å². The molecule has 0 aliphatic heterocycles. The summed E-state index contributed by atoms with van der Waals surface area (Å²) in [5.74, 6) is -0.463. The number of aromatic nitrogens is 1. The number of ether oxygens (including phenoxy) is 1. The molecule has 94 valence electrons. The standard InChI is InChI=1S/C11H14Cl2NO2P/c1-3-9-7-5-6-8-14(9)10(17(12)13)11(15)16-4-2/h5-8H,3-4H2,1-2H3/b11-10+. The van der Waals surface area contributed by atoms with Crippen molar-refractivity contribution >= 4 is 34.5 Å². The van der Waals surface area contributed by atoms with Gasteiger partial charge in [-0.25, -0.2) is 0 Å². The van der Waals surface area contributed by atoms with Crippen LogP contribution < -0.4 is 9.67 Å². The molecule has 0 fully saturated rings. The maximum Gasteiger partial charge on any atom is 0.260 e. The first-order valence-electron chi connectivity index (χ1n) is 5.27. The second-order valence-corrected chi connectivity index (χ2v) is 6.63. The van der Waals surface area contributed by atoms with Crippen LogP contribution in [0.5, 0.6) is 0 Å². The van der Waals surface area contributed by atoms with E-state index in [9.17, 15) is 5.11 Å². The molecule has 0 amide bonds. The lowest BCUT2D eigenvalue weighted by Gasteiger charge is -2.15. The number of halogens is 2. The summed E-state index contributed by atoms with van der Waals surface area (Å²) < 4.78 is 6.68. The fourth-order valence-electron chi connectivity index (χ4n) is 1.42. The molecule has 1 aromatic heterocycles. The van der Waals surface area contributed by atoms with Crippen molar-refractivity contribution in [3.8, 4) is 0 Å². The Morgan fingerprint density at radius 1 is 1.41 bits per heavy atom. The van der Waals surface area contributed by atoms with E-state index in [1.54, 1.807) is 17.7 Å². The zero-order chi connectivity index (χ0) is 12.8. The minimum Gasteiger partial charge on any atom is -0.609 e. The lowest BCUT2D eigenvalue weighted by Crippen LogP contribution is -2.38. The lowest BCUT2D eigenvalue weighted by atomic mass is 10.3. The van der Waals surface area contributed by atoms with E-state index in [4.69, 9.17) is 27.2 Å². The predicted octanol–water partition coefficient (Wildman–Crippen LogP) is 2.81. The molecule has 0 unspecified atom stereocenters. The van der Waals surface area contributed by atoms with E-state index in [2.05, 4.69) is 0 Å². The highest BCUT2D eigenvalue weighted by Gasteiger charge is 2.24. The molecule has 0 spiro atoms. The van der Waals surface area contributed by atoms with Gasteiger partial charge in [-0.15, -0.1) is 0 Å². The van der Waals surface area contributed by atoms with Gasteiger partial charge in [0.05, 0.1) is 0 Å². The molecule has 6 heteroatoms. The summed E-state index contributed by atoms with van der Waals surface area (Å²) in [7, 11) is 0. The van der Waals surface area contributed by atoms with Crippen molar-refractivity contribution in [2.24, 2.45) is 0 Å². The van der Waals surface area contributed by atoms with Crippen LogP contribution in [0.4, 0.5) is 0 Å². The van der Waals surface area contributed by atoms with Crippen LogP contribution in [0.25, 0.3) is 5.44 Å². The van der Waals surface area contributed by atoms with Crippen LogP contribution in [-0.2, 0) is 11.2 Å². The molecule has 0 aromatic carbocycles. The third-order valence-electron chi connectivity index (χ3n) is 2.15. The molecule has 0 aliphatic rings. The zero-order valence-corrected chi connectivity index (χ0v) is 12.1. The van der Waals surface area contributed by atoms with Gasteiger partial charge >= 0.3 is 0 Å². The van der Waals surface area contributed by atoms with Gasteiger partial charge in [0.2, 0.25) is 0 Å². The van der Waals surface area contributed by atoms with Gasteiger partial charge in [0.15, 0.2) is 18.5 Å². The Bertz CT molecular complexity index is 410. The van der Waals surface area contributed by atoms with Crippen molar-refractivity contribution in [1.82, 2.24) is 0 Å². The second kappa shape index (κ2) is 7.05. The van der Waals surface area contributed by atoms with Crippen molar-refractivity contribution in [2.45, 2.75) is 20.3 Å². The first-order valence-corrected chi connectivity index (χ1v) is 8.42. The van der Waals surface area contributed by atoms with Gasteiger partial charge < -0.3 is 9.84 Å². The van der Waals surface area contributed by atoms with Gasteiger partial charge in [-0.3, -0.25) is 0 Å². The van der Waals surface area contributed by atoms with Gasteiger partial charge in [0.25, 0.3) is 5.44 Å². The summed E-state index contributed by atoms with van der Waals surface area (Å²) in [5, 5.41) is 11.8. The Balaban J connectivity index is 3.28. The van der Waals surface area contributed by atoms with Crippen LogP contribution in [0.15, 0.2) is 30.3 Å². The molecule has 1 heterocycles. The number of hydrogen-bond acceptors (Lipinski definition) is 2. The summed E-state index contributed by atoms with van der Waals surface area (Å²) in [6.07, 6.45) is 2.55. The minimum atomic E-state index is -1.56. The summed E-state index contributed by atoms with van der Waals surface area (Å²) in [6, 6.07) is 5.65. The number of pyridine rings is 1. The number of rotatable bonds is 5. The van der Waals surface area contributed by atoms with Crippen molar-refractivity contribution < 1.29 is 14.4 Å². The van der Waals surface area contributed by atoms with Crippen LogP contribution in [0.1, 0.15) is 19.5 Å². The van der Waals surface area contributed by atoms with E-state index in [-0.39, 0.29) is 0 Å². The fourth-order valence-corrected chi connectivity index (χ4v) is 2.88. The summed E-state index contributed by atoms with van der Waals surface area (Å²) in [5.41, 5.74) is 1.26. The summed E-state index contributed by atoms with van der Waals surface area (Å²) >= 11 is 11.8. The van der Waals surface area contributed by atoms with Crippen molar-refractivity contribution in [1.29, 1.82) is 0 Å². The van der Waals surface area contributed by atoms with Crippen molar-refractivity contribution in [3.63, 3.8) is 0 Å². The molecule has 0 radical (unpaired) electrons. The maximum absolute atomic E-state index is 11.8. The molecule has 1 rings (SSSR count). The zero-order valence-electron chi connectivity index (χ0n) is 9.69. The Hall–Kier alpha value is -0.500. The predicted molar refractivity (Wildman–Crippen MR) is 69.5 cm³/mol. The quantitative estimate of drug-likeness (QED) is 0.475. The van der Waals surface area contributed by atoms with E-state index < -0.39 is 12.6 Å². The van der Waals surface area contributed by atoms with Gasteiger partial charge in [-0.05, 0) is 6.61 Å². The highest BCUT2D eigenvalue weighted by molar-refractivity contribution is 8.10. The molecule has 0 saturated heterocycles. The minimum absolute atomic E-state index is 0.294. The third-order valence-corrected chi connectivity index (χ3v) is 3.83. The van der Waals surface area contributed by atoms with Crippen LogP contribution in [-0.4, -0.2) is 6.61 Å². The number of nitrogens with zero attached hydrogens (tertiary/aromatic N) is 1. The van der Waals surface area contributed by atoms with E-state index in [0.717, 1.165) is 12.1 Å². The highest BCUT2D eigenvalue weighted by atomic mass is 35.9. The molecule has 3 nitrogen and oxygen atoms in total. The van der Waals surface area contributed by atoms with Gasteiger partial charge in [0, 0.05) is 18.6 Å². The Kier molecular flexibility index (Phi) is 6.04. The van der Waals surface area contributed by atoms with Gasteiger partial charge in [-0.2, -0.15) is 4.57 Å². The fraction of sp³-hybridized carbons (Fsp3) is 0.364. The van der Waals surface area contributed by atoms with Gasteiger partial charge in [-0.1, -0.05) is 42.4 Å². The van der Waals surface area contributed by atoms with Crippen molar-refractivity contribution in [2.75, 3.05) is 6.61 Å². The summed E-state index contributed by atoms with van der Waals surface area (Å²) in [4.78, 5) is 0. The van der Waals surface area contributed by atoms with E-state index in [0.29, 0.717) is 12.0 Å².